The van der Waals surface area contributed by atoms with Crippen LogP contribution in [0.5, 0.6) is 5.75 Å². The first kappa shape index (κ1) is 16.8. The maximum atomic E-state index is 12.2. The summed E-state index contributed by atoms with van der Waals surface area (Å²) in [5, 5.41) is 3.68. The lowest BCUT2D eigenvalue weighted by Gasteiger charge is -2.22. The molecule has 1 N–H and O–H groups in total. The van der Waals surface area contributed by atoms with E-state index in [9.17, 15) is 4.79 Å². The third-order valence-electron chi connectivity index (χ3n) is 3.44. The van der Waals surface area contributed by atoms with Crippen LogP contribution >= 0.6 is 11.6 Å². The van der Waals surface area contributed by atoms with Crippen LogP contribution in [0.1, 0.15) is 39.7 Å². The summed E-state index contributed by atoms with van der Waals surface area (Å²) in [4.78, 5) is 12.2. The van der Waals surface area contributed by atoms with Crippen molar-refractivity contribution in [3.05, 3.63) is 28.8 Å². The number of rotatable bonds is 6. The van der Waals surface area contributed by atoms with Gasteiger partial charge in [0.1, 0.15) is 5.75 Å². The smallest absolute Gasteiger partial charge is 0.261 e. The van der Waals surface area contributed by atoms with Gasteiger partial charge in [0.25, 0.3) is 5.91 Å². The lowest BCUT2D eigenvalue weighted by molar-refractivity contribution is -0.129. The first-order chi connectivity index (χ1) is 9.35. The molecule has 0 bridgehead atoms. The van der Waals surface area contributed by atoms with E-state index in [1.54, 1.807) is 12.1 Å². The van der Waals surface area contributed by atoms with Crippen molar-refractivity contribution in [2.45, 2.75) is 53.2 Å². The average Bonchev–Trinajstić information content (AvgIpc) is 2.39. The lowest BCUT2D eigenvalue weighted by atomic mass is 10.1. The first-order valence-corrected chi connectivity index (χ1v) is 7.46. The van der Waals surface area contributed by atoms with Crippen molar-refractivity contribution < 1.29 is 9.53 Å². The van der Waals surface area contributed by atoms with Crippen LogP contribution in [0, 0.1) is 12.8 Å². The molecule has 0 saturated heterocycles. The zero-order valence-corrected chi connectivity index (χ0v) is 13.6. The Morgan fingerprint density at radius 2 is 2.00 bits per heavy atom. The number of halogens is 1. The molecular weight excluding hydrogens is 274 g/mol. The highest BCUT2D eigenvalue weighted by molar-refractivity contribution is 6.31. The molecule has 0 aliphatic carbocycles. The zero-order chi connectivity index (χ0) is 15.3. The Morgan fingerprint density at radius 3 is 2.50 bits per heavy atom. The van der Waals surface area contributed by atoms with E-state index >= 15 is 0 Å². The standard InChI is InChI=1S/C16H24ClNO2/c1-6-15(16(19)18-12(5)10(2)3)20-13-7-8-14(17)11(4)9-13/h7-10,12,15H,6H2,1-5H3,(H,18,19)/t12-,15+/m1/s1. The Hall–Kier alpha value is -1.22. The van der Waals surface area contributed by atoms with Crippen molar-refractivity contribution in [1.29, 1.82) is 0 Å². The van der Waals surface area contributed by atoms with Crippen LogP contribution in [0.3, 0.4) is 0 Å². The molecule has 4 heteroatoms. The number of aryl methyl sites for hydroxylation is 1. The number of hydrogen-bond acceptors (Lipinski definition) is 2. The second-order valence-corrected chi connectivity index (χ2v) is 5.87. The van der Waals surface area contributed by atoms with Gasteiger partial charge in [0, 0.05) is 11.1 Å². The third-order valence-corrected chi connectivity index (χ3v) is 3.86. The van der Waals surface area contributed by atoms with Crippen molar-refractivity contribution >= 4 is 17.5 Å². The van der Waals surface area contributed by atoms with E-state index in [0.717, 1.165) is 5.56 Å². The van der Waals surface area contributed by atoms with Gasteiger partial charge in [-0.3, -0.25) is 4.79 Å². The Kier molecular flexibility index (Phi) is 6.34. The van der Waals surface area contributed by atoms with Crippen LogP contribution in [0.25, 0.3) is 0 Å². The summed E-state index contributed by atoms with van der Waals surface area (Å²) in [5.41, 5.74) is 0.940. The Labute approximate surface area is 126 Å². The van der Waals surface area contributed by atoms with Gasteiger partial charge in [0.05, 0.1) is 0 Å². The third kappa shape index (κ3) is 4.71. The number of benzene rings is 1. The minimum absolute atomic E-state index is 0.0682. The van der Waals surface area contributed by atoms with Gasteiger partial charge in [0.2, 0.25) is 0 Å². The molecule has 1 rings (SSSR count). The molecule has 3 nitrogen and oxygen atoms in total. The number of nitrogens with one attached hydrogen (secondary N) is 1. The molecular formula is C16H24ClNO2. The number of hydrogen-bond donors (Lipinski definition) is 1. The Bertz CT molecular complexity index is 460. The molecule has 2 atom stereocenters. The minimum Gasteiger partial charge on any atom is -0.481 e. The highest BCUT2D eigenvalue weighted by atomic mass is 35.5. The predicted molar refractivity (Wildman–Crippen MR) is 83.3 cm³/mol. The monoisotopic (exact) mass is 297 g/mol. The molecule has 0 unspecified atom stereocenters. The van der Waals surface area contributed by atoms with Crippen LogP contribution in [-0.4, -0.2) is 18.1 Å². The summed E-state index contributed by atoms with van der Waals surface area (Å²) in [6, 6.07) is 5.56. The van der Waals surface area contributed by atoms with Crippen LogP contribution < -0.4 is 10.1 Å². The quantitative estimate of drug-likeness (QED) is 0.863. The molecule has 0 heterocycles. The van der Waals surface area contributed by atoms with Gasteiger partial charge in [-0.1, -0.05) is 32.4 Å². The van der Waals surface area contributed by atoms with Gasteiger partial charge >= 0.3 is 0 Å². The maximum Gasteiger partial charge on any atom is 0.261 e. The first-order valence-electron chi connectivity index (χ1n) is 7.08. The molecule has 0 radical (unpaired) electrons. The number of carbonyl (C=O) groups excluding carboxylic acids is 1. The second-order valence-electron chi connectivity index (χ2n) is 5.47. The van der Waals surface area contributed by atoms with Gasteiger partial charge in [-0.25, -0.2) is 0 Å². The second kappa shape index (κ2) is 7.53. The highest BCUT2D eigenvalue weighted by Gasteiger charge is 2.21. The lowest BCUT2D eigenvalue weighted by Crippen LogP contribution is -2.44. The van der Waals surface area contributed by atoms with Crippen molar-refractivity contribution in [3.8, 4) is 5.75 Å². The molecule has 112 valence electrons. The molecule has 0 saturated carbocycles. The molecule has 0 aliphatic rings. The van der Waals surface area contributed by atoms with Gasteiger partial charge in [0.15, 0.2) is 6.10 Å². The average molecular weight is 298 g/mol. The van der Waals surface area contributed by atoms with E-state index in [0.29, 0.717) is 23.1 Å². The molecule has 0 fully saturated rings. The normalized spacial score (nSPS) is 13.9. The largest absolute Gasteiger partial charge is 0.481 e. The van der Waals surface area contributed by atoms with Crippen LogP contribution in [0.4, 0.5) is 0 Å². The van der Waals surface area contributed by atoms with E-state index in [1.165, 1.54) is 0 Å². The van der Waals surface area contributed by atoms with Crippen molar-refractivity contribution in [1.82, 2.24) is 5.32 Å². The van der Waals surface area contributed by atoms with E-state index in [1.807, 2.05) is 26.8 Å². The van der Waals surface area contributed by atoms with Gasteiger partial charge in [-0.15, -0.1) is 0 Å². The molecule has 1 aromatic carbocycles. The summed E-state index contributed by atoms with van der Waals surface area (Å²) < 4.78 is 5.77. The summed E-state index contributed by atoms with van der Waals surface area (Å²) in [6.45, 7) is 10.0. The van der Waals surface area contributed by atoms with Gasteiger partial charge < -0.3 is 10.1 Å². The maximum absolute atomic E-state index is 12.2. The molecule has 0 aliphatic heterocycles. The number of carbonyl (C=O) groups is 1. The fraction of sp³-hybridized carbons (Fsp3) is 0.562. The fourth-order valence-electron chi connectivity index (χ4n) is 1.66. The predicted octanol–water partition coefficient (Wildman–Crippen LogP) is 3.97. The number of amides is 1. The summed E-state index contributed by atoms with van der Waals surface area (Å²) >= 11 is 5.98. The van der Waals surface area contributed by atoms with Crippen molar-refractivity contribution in [2.75, 3.05) is 0 Å². The van der Waals surface area contributed by atoms with Crippen LogP contribution in [0.2, 0.25) is 5.02 Å². The van der Waals surface area contributed by atoms with E-state index < -0.39 is 6.10 Å². The van der Waals surface area contributed by atoms with E-state index in [4.69, 9.17) is 16.3 Å². The Morgan fingerprint density at radius 1 is 1.35 bits per heavy atom. The SMILES string of the molecule is CC[C@H](Oc1ccc(Cl)c(C)c1)C(=O)N[C@H](C)C(C)C. The molecule has 20 heavy (non-hydrogen) atoms. The summed E-state index contributed by atoms with van der Waals surface area (Å²) in [5.74, 6) is 1.00. The highest BCUT2D eigenvalue weighted by Crippen LogP contribution is 2.22. The minimum atomic E-state index is -0.475. The van der Waals surface area contributed by atoms with E-state index in [-0.39, 0.29) is 11.9 Å². The van der Waals surface area contributed by atoms with Gasteiger partial charge in [-0.05, 0) is 49.9 Å². The summed E-state index contributed by atoms with van der Waals surface area (Å²) in [7, 11) is 0. The van der Waals surface area contributed by atoms with Gasteiger partial charge in [-0.2, -0.15) is 0 Å². The Balaban J connectivity index is 2.71. The molecule has 0 aromatic heterocycles. The van der Waals surface area contributed by atoms with E-state index in [2.05, 4.69) is 19.2 Å². The molecule has 1 aromatic rings. The topological polar surface area (TPSA) is 38.3 Å². The zero-order valence-electron chi connectivity index (χ0n) is 12.9. The molecule has 1 amide bonds. The molecule has 0 spiro atoms. The fourth-order valence-corrected chi connectivity index (χ4v) is 1.78. The summed E-state index contributed by atoms with van der Waals surface area (Å²) in [6.07, 6.45) is 0.148. The van der Waals surface area contributed by atoms with Crippen LogP contribution in [-0.2, 0) is 4.79 Å². The van der Waals surface area contributed by atoms with Crippen molar-refractivity contribution in [3.63, 3.8) is 0 Å². The van der Waals surface area contributed by atoms with Crippen LogP contribution in [0.15, 0.2) is 18.2 Å². The van der Waals surface area contributed by atoms with Crippen molar-refractivity contribution in [2.24, 2.45) is 5.92 Å². The number of ether oxygens (including phenoxy) is 1.